The molecule has 0 saturated carbocycles. The molecule has 0 amide bonds. The molecule has 0 aliphatic heterocycles. The van der Waals surface area contributed by atoms with Crippen molar-refractivity contribution in [2.45, 2.75) is 0 Å². The summed E-state index contributed by atoms with van der Waals surface area (Å²) in [5, 5.41) is 19.2. The minimum absolute atomic E-state index is 0.0236. The number of phenolic OH excluding ortho intramolecular Hbond substituents is 1. The third kappa shape index (κ3) is 3.15. The zero-order chi connectivity index (χ0) is 19.5. The van der Waals surface area contributed by atoms with Gasteiger partial charge in [0.2, 0.25) is 0 Å². The predicted molar refractivity (Wildman–Crippen MR) is 107 cm³/mol. The average Bonchev–Trinajstić information content (AvgIpc) is 2.75. The van der Waals surface area contributed by atoms with Crippen LogP contribution < -0.4 is 5.56 Å². The molecule has 134 valence electrons. The van der Waals surface area contributed by atoms with Crippen molar-refractivity contribution in [2.24, 2.45) is 0 Å². The van der Waals surface area contributed by atoms with Gasteiger partial charge in [-0.15, -0.1) is 0 Å². The summed E-state index contributed by atoms with van der Waals surface area (Å²) in [6.07, 6.45) is 3.43. The predicted octanol–water partition coefficient (Wildman–Crippen LogP) is 4.14. The van der Waals surface area contributed by atoms with Gasteiger partial charge < -0.3 is 5.11 Å². The Balaban J connectivity index is 2.04. The van der Waals surface area contributed by atoms with E-state index in [1.165, 1.54) is 12.1 Å². The Bertz CT molecular complexity index is 1240. The minimum atomic E-state index is -0.256. The van der Waals surface area contributed by atoms with Gasteiger partial charge >= 0.3 is 0 Å². The normalized spacial score (nSPS) is 10.4. The Kier molecular flexibility index (Phi) is 4.45. The van der Waals surface area contributed by atoms with Crippen LogP contribution in [0.3, 0.4) is 0 Å². The van der Waals surface area contributed by atoms with Crippen molar-refractivity contribution in [3.63, 3.8) is 0 Å². The van der Waals surface area contributed by atoms with E-state index >= 15 is 0 Å². The summed E-state index contributed by atoms with van der Waals surface area (Å²) in [7, 11) is 0. The van der Waals surface area contributed by atoms with Crippen molar-refractivity contribution in [2.75, 3.05) is 0 Å². The van der Waals surface area contributed by atoms with Crippen LogP contribution in [0.2, 0.25) is 0 Å². The molecule has 28 heavy (non-hydrogen) atoms. The Morgan fingerprint density at radius 1 is 0.929 bits per heavy atom. The first-order chi connectivity index (χ1) is 13.7. The van der Waals surface area contributed by atoms with Crippen LogP contribution in [0.1, 0.15) is 5.56 Å². The Morgan fingerprint density at radius 2 is 1.71 bits per heavy atom. The summed E-state index contributed by atoms with van der Waals surface area (Å²) in [5.41, 5.74) is 2.98. The largest absolute Gasteiger partial charge is 0.508 e. The molecule has 2 aromatic heterocycles. The van der Waals surface area contributed by atoms with Gasteiger partial charge in [0, 0.05) is 34.8 Å². The Labute approximate surface area is 161 Å². The third-order valence-electron chi connectivity index (χ3n) is 4.43. The fraction of sp³-hybridized carbons (Fsp3) is 0. The van der Waals surface area contributed by atoms with Crippen LogP contribution in [0.25, 0.3) is 28.1 Å². The van der Waals surface area contributed by atoms with E-state index in [1.807, 2.05) is 48.5 Å². The van der Waals surface area contributed by atoms with Gasteiger partial charge in [-0.3, -0.25) is 14.3 Å². The zero-order valence-corrected chi connectivity index (χ0v) is 14.8. The summed E-state index contributed by atoms with van der Waals surface area (Å²) in [5.74, 6) is -0.0236. The molecule has 4 aromatic rings. The molecule has 1 N–H and O–H groups in total. The van der Waals surface area contributed by atoms with Crippen LogP contribution >= 0.6 is 0 Å². The molecule has 0 fully saturated rings. The van der Waals surface area contributed by atoms with E-state index in [-0.39, 0.29) is 16.9 Å². The number of phenols is 1. The summed E-state index contributed by atoms with van der Waals surface area (Å²) >= 11 is 0. The SMILES string of the molecule is N#Cc1cc(O)ccc1-c1cc(-c2ccccn2)cn(-c2ccccc2)c1=O. The average molecular weight is 365 g/mol. The lowest BCUT2D eigenvalue weighted by Gasteiger charge is -2.13. The van der Waals surface area contributed by atoms with E-state index in [9.17, 15) is 15.2 Å². The van der Waals surface area contributed by atoms with Crippen LogP contribution in [0.4, 0.5) is 0 Å². The van der Waals surface area contributed by atoms with Crippen LogP contribution in [0, 0.1) is 11.3 Å². The molecule has 0 spiro atoms. The van der Waals surface area contributed by atoms with Gasteiger partial charge in [-0.1, -0.05) is 24.3 Å². The lowest BCUT2D eigenvalue weighted by Crippen LogP contribution is -2.20. The molecular formula is C23H15N3O2. The fourth-order valence-corrected chi connectivity index (χ4v) is 3.09. The Hall–Kier alpha value is -4.17. The van der Waals surface area contributed by atoms with Crippen LogP contribution in [0.15, 0.2) is 90.0 Å². The highest BCUT2D eigenvalue weighted by Gasteiger charge is 2.15. The zero-order valence-electron chi connectivity index (χ0n) is 14.8. The molecule has 4 rings (SSSR count). The summed E-state index contributed by atoms with van der Waals surface area (Å²) in [6.45, 7) is 0. The van der Waals surface area contributed by atoms with Crippen LogP contribution in [-0.2, 0) is 0 Å². The number of para-hydroxylation sites is 1. The summed E-state index contributed by atoms with van der Waals surface area (Å²) < 4.78 is 1.55. The third-order valence-corrected chi connectivity index (χ3v) is 4.43. The molecule has 0 saturated heterocycles. The highest BCUT2D eigenvalue weighted by molar-refractivity contribution is 5.75. The van der Waals surface area contributed by atoms with Gasteiger partial charge in [0.05, 0.1) is 17.3 Å². The second-order valence-electron chi connectivity index (χ2n) is 6.21. The van der Waals surface area contributed by atoms with E-state index in [4.69, 9.17) is 0 Å². The van der Waals surface area contributed by atoms with Crippen molar-refractivity contribution in [3.05, 3.63) is 101 Å². The number of nitriles is 1. The van der Waals surface area contributed by atoms with Gasteiger partial charge in [-0.2, -0.15) is 5.26 Å². The lowest BCUT2D eigenvalue weighted by molar-refractivity contribution is 0.475. The number of benzene rings is 2. The van der Waals surface area contributed by atoms with Gasteiger partial charge in [0.1, 0.15) is 5.75 Å². The topological polar surface area (TPSA) is 78.9 Å². The molecule has 5 nitrogen and oxygen atoms in total. The van der Waals surface area contributed by atoms with Crippen molar-refractivity contribution in [3.8, 4) is 39.9 Å². The van der Waals surface area contributed by atoms with E-state index in [1.54, 1.807) is 29.1 Å². The molecule has 5 heteroatoms. The summed E-state index contributed by atoms with van der Waals surface area (Å²) in [4.78, 5) is 17.7. The number of aromatic hydroxyl groups is 1. The number of hydrogen-bond donors (Lipinski definition) is 1. The van der Waals surface area contributed by atoms with E-state index in [2.05, 4.69) is 11.1 Å². The number of nitrogens with zero attached hydrogens (tertiary/aromatic N) is 3. The maximum absolute atomic E-state index is 13.3. The minimum Gasteiger partial charge on any atom is -0.508 e. The molecular weight excluding hydrogens is 350 g/mol. The van der Waals surface area contributed by atoms with E-state index in [0.717, 1.165) is 5.56 Å². The lowest BCUT2D eigenvalue weighted by atomic mass is 9.99. The number of rotatable bonds is 3. The first-order valence-electron chi connectivity index (χ1n) is 8.64. The van der Waals surface area contributed by atoms with Gasteiger partial charge in [-0.25, -0.2) is 0 Å². The number of pyridine rings is 2. The molecule has 2 heterocycles. The highest BCUT2D eigenvalue weighted by Crippen LogP contribution is 2.28. The molecule has 2 aromatic carbocycles. The monoisotopic (exact) mass is 365 g/mol. The van der Waals surface area contributed by atoms with E-state index < -0.39 is 0 Å². The smallest absolute Gasteiger partial charge is 0.263 e. The van der Waals surface area contributed by atoms with Crippen LogP contribution in [0.5, 0.6) is 5.75 Å². The van der Waals surface area contributed by atoms with Crippen molar-refractivity contribution in [1.82, 2.24) is 9.55 Å². The van der Waals surface area contributed by atoms with Crippen LogP contribution in [-0.4, -0.2) is 14.7 Å². The summed E-state index contributed by atoms with van der Waals surface area (Å²) in [6, 6.07) is 23.0. The first-order valence-corrected chi connectivity index (χ1v) is 8.64. The Morgan fingerprint density at radius 3 is 2.43 bits per heavy atom. The standard InChI is InChI=1S/C23H15N3O2/c24-14-16-12-19(27)9-10-20(16)21-13-17(22-8-4-5-11-25-22)15-26(23(21)28)18-6-2-1-3-7-18/h1-13,15,27H. The fourth-order valence-electron chi connectivity index (χ4n) is 3.09. The van der Waals surface area contributed by atoms with Gasteiger partial charge in [-0.05, 0) is 48.5 Å². The molecule has 0 aliphatic carbocycles. The number of aromatic nitrogens is 2. The molecule has 0 atom stereocenters. The van der Waals surface area contributed by atoms with E-state index in [0.29, 0.717) is 22.5 Å². The number of hydrogen-bond acceptors (Lipinski definition) is 4. The van der Waals surface area contributed by atoms with Gasteiger partial charge in [0.15, 0.2) is 0 Å². The first kappa shape index (κ1) is 17.3. The molecule has 0 unspecified atom stereocenters. The maximum Gasteiger partial charge on any atom is 0.263 e. The second-order valence-corrected chi connectivity index (χ2v) is 6.21. The molecule has 0 aliphatic rings. The van der Waals surface area contributed by atoms with Crippen molar-refractivity contribution >= 4 is 0 Å². The maximum atomic E-state index is 13.3. The van der Waals surface area contributed by atoms with Gasteiger partial charge in [0.25, 0.3) is 5.56 Å². The van der Waals surface area contributed by atoms with Crippen molar-refractivity contribution < 1.29 is 5.11 Å². The molecule has 0 radical (unpaired) electrons. The highest BCUT2D eigenvalue weighted by atomic mass is 16.3. The second kappa shape index (κ2) is 7.22. The quantitative estimate of drug-likeness (QED) is 0.592. The molecule has 0 bridgehead atoms. The van der Waals surface area contributed by atoms with Crippen molar-refractivity contribution in [1.29, 1.82) is 5.26 Å².